The summed E-state index contributed by atoms with van der Waals surface area (Å²) in [7, 11) is 0. The molecule has 186 valence electrons. The molecule has 0 spiro atoms. The summed E-state index contributed by atoms with van der Waals surface area (Å²) in [5.41, 5.74) is 5.40. The van der Waals surface area contributed by atoms with Gasteiger partial charge in [-0.2, -0.15) is 0 Å². The van der Waals surface area contributed by atoms with Gasteiger partial charge in [0.15, 0.2) is 0 Å². The third-order valence-electron chi connectivity index (χ3n) is 7.21. The topological polar surface area (TPSA) is 98.7 Å². The Labute approximate surface area is 206 Å². The summed E-state index contributed by atoms with van der Waals surface area (Å²) in [6, 6.07) is 14.3. The van der Waals surface area contributed by atoms with Gasteiger partial charge in [-0.25, -0.2) is 5.01 Å². The molecule has 1 heterocycles. The van der Waals surface area contributed by atoms with Crippen LogP contribution in [0.15, 0.2) is 48.5 Å². The summed E-state index contributed by atoms with van der Waals surface area (Å²) in [4.78, 5) is 40.0. The van der Waals surface area contributed by atoms with Crippen molar-refractivity contribution in [3.05, 3.63) is 54.1 Å². The molecular weight excluding hydrogens is 442 g/mol. The number of amides is 3. The van der Waals surface area contributed by atoms with Crippen LogP contribution in [0.2, 0.25) is 0 Å². The third-order valence-corrected chi connectivity index (χ3v) is 7.21. The number of benzene rings is 2. The van der Waals surface area contributed by atoms with Crippen LogP contribution in [0.1, 0.15) is 64.9 Å². The number of carbonyl (C=O) groups is 3. The molecule has 1 aliphatic carbocycles. The van der Waals surface area contributed by atoms with Gasteiger partial charge >= 0.3 is 0 Å². The van der Waals surface area contributed by atoms with Crippen molar-refractivity contribution >= 4 is 23.4 Å². The number of nitrogens with one attached hydrogen (secondary N) is 2. The summed E-state index contributed by atoms with van der Waals surface area (Å²) in [5.74, 6) is -1.88. The Kier molecular flexibility index (Phi) is 6.99. The van der Waals surface area contributed by atoms with Crippen molar-refractivity contribution in [1.82, 2.24) is 10.7 Å². The van der Waals surface area contributed by atoms with E-state index in [1.807, 2.05) is 70.2 Å². The van der Waals surface area contributed by atoms with Crippen molar-refractivity contribution in [2.24, 2.45) is 11.3 Å². The van der Waals surface area contributed by atoms with Crippen LogP contribution in [0.5, 0.6) is 0 Å². The number of hydrogen-bond acceptors (Lipinski definition) is 4. The lowest BCUT2D eigenvalue weighted by molar-refractivity contribution is -0.138. The van der Waals surface area contributed by atoms with Gasteiger partial charge < -0.3 is 10.4 Å². The van der Waals surface area contributed by atoms with Gasteiger partial charge in [0.25, 0.3) is 11.8 Å². The molecule has 0 radical (unpaired) electrons. The summed E-state index contributed by atoms with van der Waals surface area (Å²) < 4.78 is 0. The van der Waals surface area contributed by atoms with Gasteiger partial charge in [-0.3, -0.25) is 19.8 Å². The highest BCUT2D eigenvalue weighted by Gasteiger charge is 2.39. The van der Waals surface area contributed by atoms with Gasteiger partial charge in [-0.15, -0.1) is 0 Å². The van der Waals surface area contributed by atoms with Gasteiger partial charge in [-0.1, -0.05) is 76.1 Å². The van der Waals surface area contributed by atoms with Crippen molar-refractivity contribution in [3.63, 3.8) is 0 Å². The molecule has 7 heteroatoms. The van der Waals surface area contributed by atoms with Gasteiger partial charge in [-0.05, 0) is 48.3 Å². The van der Waals surface area contributed by atoms with Crippen LogP contribution in [0.25, 0.3) is 11.1 Å². The van der Waals surface area contributed by atoms with Gasteiger partial charge in [0.05, 0.1) is 11.6 Å². The van der Waals surface area contributed by atoms with E-state index in [9.17, 15) is 19.5 Å². The SMILES string of the molecule is CC1C(=O)N(NC(=O)[C@@H](NC(=O)C(O)C2CCCC2)C(C)(C)C)c2ccccc2-c2ccccc21. The van der Waals surface area contributed by atoms with E-state index in [-0.39, 0.29) is 11.8 Å². The number of anilines is 1. The lowest BCUT2D eigenvalue weighted by atomic mass is 9.85. The molecule has 0 saturated heterocycles. The number of hydrogen-bond donors (Lipinski definition) is 3. The monoisotopic (exact) mass is 477 g/mol. The van der Waals surface area contributed by atoms with Crippen LogP contribution in [-0.4, -0.2) is 35.0 Å². The number of aliphatic hydroxyl groups excluding tert-OH is 1. The second kappa shape index (κ2) is 9.82. The molecule has 1 aliphatic heterocycles. The molecule has 3 amide bonds. The second-order valence-corrected chi connectivity index (χ2v) is 10.8. The van der Waals surface area contributed by atoms with Gasteiger partial charge in [0, 0.05) is 5.56 Å². The van der Waals surface area contributed by atoms with E-state index < -0.39 is 35.3 Å². The molecule has 7 nitrogen and oxygen atoms in total. The molecule has 1 fully saturated rings. The zero-order valence-corrected chi connectivity index (χ0v) is 20.9. The lowest BCUT2D eigenvalue weighted by Crippen LogP contribution is -2.60. The van der Waals surface area contributed by atoms with Crippen molar-refractivity contribution < 1.29 is 19.5 Å². The first-order valence-electron chi connectivity index (χ1n) is 12.4. The first-order chi connectivity index (χ1) is 16.6. The van der Waals surface area contributed by atoms with Crippen molar-refractivity contribution in [2.75, 3.05) is 5.01 Å². The number of rotatable bonds is 5. The summed E-state index contributed by atoms with van der Waals surface area (Å²) in [6.45, 7) is 7.36. The quantitative estimate of drug-likeness (QED) is 0.608. The standard InChI is InChI=1S/C28H35N3O4/c1-17-19-13-7-8-14-20(19)21-15-9-10-16-22(21)31(27(17)35)30-26(34)24(28(2,3)4)29-25(33)23(32)18-11-5-6-12-18/h7-10,13-18,23-24,32H,5-6,11-12H2,1-4H3,(H,29,33)(H,30,34)/t17?,23?,24-/m1/s1. The van der Waals surface area contributed by atoms with E-state index in [4.69, 9.17) is 0 Å². The van der Waals surface area contributed by atoms with Crippen LogP contribution in [-0.2, 0) is 14.4 Å². The molecule has 2 aromatic rings. The minimum absolute atomic E-state index is 0.0860. The summed E-state index contributed by atoms with van der Waals surface area (Å²) in [6.07, 6.45) is 2.45. The maximum absolute atomic E-state index is 13.6. The fourth-order valence-electron chi connectivity index (χ4n) is 5.14. The Morgan fingerprint density at radius 3 is 2.23 bits per heavy atom. The highest BCUT2D eigenvalue weighted by molar-refractivity contribution is 6.07. The number of para-hydroxylation sites is 1. The number of hydrazine groups is 1. The first-order valence-corrected chi connectivity index (χ1v) is 12.4. The maximum Gasteiger partial charge on any atom is 0.261 e. The van der Waals surface area contributed by atoms with E-state index in [2.05, 4.69) is 10.7 Å². The van der Waals surface area contributed by atoms with Crippen molar-refractivity contribution in [3.8, 4) is 11.1 Å². The Balaban J connectivity index is 1.62. The number of nitrogens with zero attached hydrogens (tertiary/aromatic N) is 1. The Bertz CT molecular complexity index is 1120. The van der Waals surface area contributed by atoms with Gasteiger partial charge in [0.1, 0.15) is 12.1 Å². The summed E-state index contributed by atoms with van der Waals surface area (Å²) >= 11 is 0. The zero-order chi connectivity index (χ0) is 25.3. The predicted octanol–water partition coefficient (Wildman–Crippen LogP) is 3.92. The Hall–Kier alpha value is -3.19. The molecule has 35 heavy (non-hydrogen) atoms. The molecule has 3 N–H and O–H groups in total. The van der Waals surface area contributed by atoms with Crippen LogP contribution in [0.4, 0.5) is 5.69 Å². The molecular formula is C28H35N3O4. The average molecular weight is 478 g/mol. The van der Waals surface area contributed by atoms with E-state index in [1.165, 1.54) is 5.01 Å². The van der Waals surface area contributed by atoms with E-state index in [0.717, 1.165) is 42.4 Å². The Morgan fingerprint density at radius 2 is 1.57 bits per heavy atom. The molecule has 1 saturated carbocycles. The van der Waals surface area contributed by atoms with Gasteiger partial charge in [0.2, 0.25) is 5.91 Å². The van der Waals surface area contributed by atoms with Crippen LogP contribution in [0.3, 0.4) is 0 Å². The lowest BCUT2D eigenvalue weighted by Gasteiger charge is -2.34. The third kappa shape index (κ3) is 4.96. The van der Waals surface area contributed by atoms with E-state index in [1.54, 1.807) is 6.07 Å². The molecule has 2 aliphatic rings. The van der Waals surface area contributed by atoms with Crippen molar-refractivity contribution in [2.45, 2.75) is 71.4 Å². The van der Waals surface area contributed by atoms with Crippen LogP contribution >= 0.6 is 0 Å². The highest BCUT2D eigenvalue weighted by Crippen LogP contribution is 2.40. The largest absolute Gasteiger partial charge is 0.383 e. The average Bonchev–Trinajstić information content (AvgIpc) is 3.36. The number of fused-ring (bicyclic) bond motifs is 3. The predicted molar refractivity (Wildman–Crippen MR) is 135 cm³/mol. The fraction of sp³-hybridized carbons (Fsp3) is 0.464. The highest BCUT2D eigenvalue weighted by atomic mass is 16.3. The first kappa shape index (κ1) is 24.9. The molecule has 2 aromatic carbocycles. The molecule has 3 atom stereocenters. The normalized spacial score (nSPS) is 19.9. The van der Waals surface area contributed by atoms with Crippen LogP contribution < -0.4 is 15.8 Å². The molecule has 0 bridgehead atoms. The zero-order valence-electron chi connectivity index (χ0n) is 20.9. The Morgan fingerprint density at radius 1 is 0.971 bits per heavy atom. The smallest absolute Gasteiger partial charge is 0.261 e. The van der Waals surface area contributed by atoms with E-state index in [0.29, 0.717) is 5.69 Å². The summed E-state index contributed by atoms with van der Waals surface area (Å²) in [5, 5.41) is 14.6. The molecule has 4 rings (SSSR count). The number of carbonyl (C=O) groups excluding carboxylic acids is 3. The maximum atomic E-state index is 13.6. The minimum atomic E-state index is -1.15. The molecule has 0 aromatic heterocycles. The fourth-order valence-corrected chi connectivity index (χ4v) is 5.14. The van der Waals surface area contributed by atoms with E-state index >= 15 is 0 Å². The van der Waals surface area contributed by atoms with Crippen LogP contribution in [0, 0.1) is 11.3 Å². The minimum Gasteiger partial charge on any atom is -0.383 e. The number of aliphatic hydroxyl groups is 1. The second-order valence-electron chi connectivity index (χ2n) is 10.8. The molecule has 2 unspecified atom stereocenters. The van der Waals surface area contributed by atoms with Crippen molar-refractivity contribution in [1.29, 1.82) is 0 Å².